The summed E-state index contributed by atoms with van der Waals surface area (Å²) in [5, 5.41) is 0.253. The van der Waals surface area contributed by atoms with Crippen LogP contribution in [0.5, 0.6) is 0 Å². The zero-order valence-electron chi connectivity index (χ0n) is 21.1. The van der Waals surface area contributed by atoms with E-state index in [1.165, 1.54) is 17.5 Å². The Bertz CT molecular complexity index is 818. The van der Waals surface area contributed by atoms with E-state index in [-0.39, 0.29) is 16.5 Å². The minimum absolute atomic E-state index is 0.163. The first-order valence-corrected chi connectivity index (χ1v) is 15.5. The molecule has 0 heterocycles. The molecular formula is C29H43NOSi. The van der Waals surface area contributed by atoms with Crippen molar-refractivity contribution in [2.24, 2.45) is 11.8 Å². The molecule has 1 fully saturated rings. The first kappa shape index (κ1) is 24.9. The fourth-order valence-electron chi connectivity index (χ4n) is 5.41. The van der Waals surface area contributed by atoms with Gasteiger partial charge in [-0.25, -0.2) is 0 Å². The summed E-state index contributed by atoms with van der Waals surface area (Å²) < 4.78 is 0. The molecule has 2 atom stereocenters. The molecule has 0 N–H and O–H groups in total. The maximum Gasteiger partial charge on any atom is 0.137 e. The Kier molecular flexibility index (Phi) is 8.16. The molecule has 0 radical (unpaired) electrons. The van der Waals surface area contributed by atoms with Crippen molar-refractivity contribution >= 4 is 13.9 Å². The van der Waals surface area contributed by atoms with Gasteiger partial charge < -0.3 is 0 Å². The summed E-state index contributed by atoms with van der Waals surface area (Å²) in [6.45, 7) is 17.1. The number of benzene rings is 2. The van der Waals surface area contributed by atoms with E-state index in [0.29, 0.717) is 11.7 Å². The molecule has 1 aliphatic carbocycles. The molecule has 3 rings (SSSR count). The van der Waals surface area contributed by atoms with Gasteiger partial charge in [0.15, 0.2) is 0 Å². The summed E-state index contributed by atoms with van der Waals surface area (Å²) in [6.07, 6.45) is 3.33. The van der Waals surface area contributed by atoms with Crippen molar-refractivity contribution in [2.75, 3.05) is 6.54 Å². The maximum atomic E-state index is 13.9. The number of ketones is 1. The van der Waals surface area contributed by atoms with Crippen molar-refractivity contribution in [1.29, 1.82) is 0 Å². The highest BCUT2D eigenvalue weighted by Crippen LogP contribution is 2.53. The van der Waals surface area contributed by atoms with Crippen molar-refractivity contribution in [1.82, 2.24) is 4.90 Å². The molecule has 0 aromatic heterocycles. The molecular weight excluding hydrogens is 406 g/mol. The van der Waals surface area contributed by atoms with Crippen LogP contribution in [0.1, 0.15) is 58.1 Å². The summed E-state index contributed by atoms with van der Waals surface area (Å²) in [5.74, 6) is 1.33. The van der Waals surface area contributed by atoms with Crippen LogP contribution in [0, 0.1) is 11.8 Å². The molecule has 0 aliphatic heterocycles. The molecule has 3 heteroatoms. The Morgan fingerprint density at radius 1 is 0.906 bits per heavy atom. The van der Waals surface area contributed by atoms with Crippen molar-refractivity contribution in [3.63, 3.8) is 0 Å². The second kappa shape index (κ2) is 10.5. The molecule has 0 amide bonds. The average Bonchev–Trinajstić information content (AvgIpc) is 2.76. The largest absolute Gasteiger partial charge is 0.299 e. The monoisotopic (exact) mass is 449 g/mol. The van der Waals surface area contributed by atoms with Crippen LogP contribution in [0.2, 0.25) is 23.7 Å². The smallest absolute Gasteiger partial charge is 0.137 e. The number of Topliss-reactive ketones (excluding diaryl/α,β-unsaturated/α-hetero) is 1. The number of carbonyl (C=O) groups is 1. The average molecular weight is 450 g/mol. The van der Waals surface area contributed by atoms with Crippen LogP contribution in [0.4, 0.5) is 0 Å². The van der Waals surface area contributed by atoms with Gasteiger partial charge in [0.1, 0.15) is 5.78 Å². The number of hydrogen-bond acceptors (Lipinski definition) is 2. The fourth-order valence-corrected chi connectivity index (χ4v) is 9.67. The van der Waals surface area contributed by atoms with Gasteiger partial charge in [-0.15, -0.1) is 0 Å². The van der Waals surface area contributed by atoms with Gasteiger partial charge in [-0.1, -0.05) is 108 Å². The van der Waals surface area contributed by atoms with Crippen LogP contribution >= 0.6 is 0 Å². The van der Waals surface area contributed by atoms with Crippen LogP contribution in [0.3, 0.4) is 0 Å². The summed E-state index contributed by atoms with van der Waals surface area (Å²) >= 11 is 0. The Hall–Kier alpha value is -1.71. The third kappa shape index (κ3) is 5.61. The van der Waals surface area contributed by atoms with Gasteiger partial charge in [-0.05, 0) is 34.9 Å². The SMILES string of the molecule is CC(C)C(C)(C)[Si](C)(C)[C@@H]1CCC[C@@H](CN(Cc2ccccc2)Cc2ccccc2)C1=O. The minimum Gasteiger partial charge on any atom is -0.299 e. The maximum absolute atomic E-state index is 13.9. The first-order valence-electron chi connectivity index (χ1n) is 12.5. The van der Waals surface area contributed by atoms with Crippen molar-refractivity contribution in [3.8, 4) is 0 Å². The predicted molar refractivity (Wildman–Crippen MR) is 139 cm³/mol. The number of rotatable bonds is 9. The number of hydrogen-bond donors (Lipinski definition) is 0. The second-order valence-corrected chi connectivity index (χ2v) is 16.8. The van der Waals surface area contributed by atoms with Gasteiger partial charge in [0.2, 0.25) is 0 Å². The van der Waals surface area contributed by atoms with Crippen molar-refractivity contribution < 1.29 is 4.79 Å². The fraction of sp³-hybridized carbons (Fsp3) is 0.552. The minimum atomic E-state index is -1.77. The third-order valence-corrected chi connectivity index (χ3v) is 15.0. The highest BCUT2D eigenvalue weighted by molar-refractivity contribution is 6.84. The van der Waals surface area contributed by atoms with Crippen LogP contribution < -0.4 is 0 Å². The zero-order chi connectivity index (χ0) is 23.4. The lowest BCUT2D eigenvalue weighted by atomic mass is 9.86. The second-order valence-electron chi connectivity index (χ2n) is 11.3. The molecule has 32 heavy (non-hydrogen) atoms. The normalized spacial score (nSPS) is 20.2. The lowest BCUT2D eigenvalue weighted by molar-refractivity contribution is -0.125. The topological polar surface area (TPSA) is 20.3 Å². The van der Waals surface area contributed by atoms with Crippen LogP contribution in [-0.4, -0.2) is 25.3 Å². The Balaban J connectivity index is 1.79. The Morgan fingerprint density at radius 2 is 1.41 bits per heavy atom. The van der Waals surface area contributed by atoms with Crippen LogP contribution in [0.25, 0.3) is 0 Å². The zero-order valence-corrected chi connectivity index (χ0v) is 22.1. The van der Waals surface area contributed by atoms with E-state index < -0.39 is 8.07 Å². The summed E-state index contributed by atoms with van der Waals surface area (Å²) in [6, 6.07) is 21.4. The molecule has 1 aliphatic rings. The third-order valence-electron chi connectivity index (χ3n) is 8.74. The van der Waals surface area contributed by atoms with E-state index in [9.17, 15) is 4.79 Å². The number of nitrogens with zero attached hydrogens (tertiary/aromatic N) is 1. The van der Waals surface area contributed by atoms with E-state index >= 15 is 0 Å². The van der Waals surface area contributed by atoms with E-state index in [4.69, 9.17) is 0 Å². The van der Waals surface area contributed by atoms with Crippen LogP contribution in [0.15, 0.2) is 60.7 Å². The lowest BCUT2D eigenvalue weighted by Gasteiger charge is -2.49. The van der Waals surface area contributed by atoms with E-state index in [1.54, 1.807) is 0 Å². The van der Waals surface area contributed by atoms with Gasteiger partial charge in [-0.3, -0.25) is 9.69 Å². The van der Waals surface area contributed by atoms with Gasteiger partial charge in [-0.2, -0.15) is 0 Å². The van der Waals surface area contributed by atoms with Crippen molar-refractivity contribution in [3.05, 3.63) is 71.8 Å². The molecule has 0 unspecified atom stereocenters. The van der Waals surface area contributed by atoms with Crippen LogP contribution in [-0.2, 0) is 17.9 Å². The predicted octanol–water partition coefficient (Wildman–Crippen LogP) is 7.57. The number of carbonyl (C=O) groups excluding carboxylic acids is 1. The molecule has 0 saturated heterocycles. The summed E-state index contributed by atoms with van der Waals surface area (Å²) in [4.78, 5) is 16.4. The van der Waals surface area contributed by atoms with Gasteiger partial charge >= 0.3 is 0 Å². The molecule has 1 saturated carbocycles. The Labute approximate surface area is 197 Å². The van der Waals surface area contributed by atoms with E-state index in [2.05, 4.69) is 106 Å². The van der Waals surface area contributed by atoms with E-state index in [0.717, 1.165) is 32.5 Å². The van der Waals surface area contributed by atoms with E-state index in [1.807, 2.05) is 0 Å². The quantitative estimate of drug-likeness (QED) is 0.368. The highest BCUT2D eigenvalue weighted by Gasteiger charge is 2.51. The van der Waals surface area contributed by atoms with Gasteiger partial charge in [0.05, 0.1) is 8.07 Å². The molecule has 2 nitrogen and oxygen atoms in total. The first-order chi connectivity index (χ1) is 15.1. The Morgan fingerprint density at radius 3 is 1.88 bits per heavy atom. The molecule has 174 valence electrons. The van der Waals surface area contributed by atoms with Gasteiger partial charge in [0, 0.05) is 31.1 Å². The molecule has 2 aromatic rings. The molecule has 0 bridgehead atoms. The van der Waals surface area contributed by atoms with Crippen molar-refractivity contribution in [2.45, 2.75) is 83.7 Å². The lowest BCUT2D eigenvalue weighted by Crippen LogP contribution is -2.52. The summed E-state index contributed by atoms with van der Waals surface area (Å²) in [5.41, 5.74) is 2.92. The molecule has 2 aromatic carbocycles. The highest BCUT2D eigenvalue weighted by atomic mass is 28.3. The standard InChI is InChI=1S/C29H43NOSi/c1-23(2)29(3,4)32(5,6)27-19-13-18-26(28(27)31)22-30(20-24-14-9-7-10-15-24)21-25-16-11-8-12-17-25/h7-12,14-17,23,26-27H,13,18-22H2,1-6H3/t26-,27+/m0/s1. The molecule has 0 spiro atoms. The van der Waals surface area contributed by atoms with Gasteiger partial charge in [0.25, 0.3) is 0 Å². The summed E-state index contributed by atoms with van der Waals surface area (Å²) in [7, 11) is -1.77.